The molecule has 0 fully saturated rings. The summed E-state index contributed by atoms with van der Waals surface area (Å²) < 4.78 is 22.2. The van der Waals surface area contributed by atoms with E-state index in [2.05, 4.69) is 60.4 Å². The molecule has 1 atom stereocenters. The Bertz CT molecular complexity index is 1200. The van der Waals surface area contributed by atoms with Crippen LogP contribution in [0.3, 0.4) is 0 Å². The lowest BCUT2D eigenvalue weighted by Gasteiger charge is -2.29. The van der Waals surface area contributed by atoms with Crippen molar-refractivity contribution >= 4 is 11.8 Å². The summed E-state index contributed by atoms with van der Waals surface area (Å²) in [6.07, 6.45) is 5.85. The molecule has 0 saturated heterocycles. The van der Waals surface area contributed by atoms with Crippen LogP contribution < -0.4 is 18.9 Å². The zero-order valence-electron chi connectivity index (χ0n) is 22.1. The molecule has 2 aliphatic rings. The van der Waals surface area contributed by atoms with Crippen LogP contribution in [0.25, 0.3) is 0 Å². The van der Waals surface area contributed by atoms with E-state index in [0.29, 0.717) is 12.0 Å². The first-order valence-electron chi connectivity index (χ1n) is 13.2. The van der Waals surface area contributed by atoms with Crippen LogP contribution in [0.1, 0.15) is 53.2 Å². The van der Waals surface area contributed by atoms with Gasteiger partial charge in [0.05, 0.1) is 14.2 Å². The topological polar surface area (TPSA) is 40.2 Å². The quantitative estimate of drug-likeness (QED) is 0.197. The Balaban J connectivity index is 1.16. The predicted octanol–water partition coefficient (Wildman–Crippen LogP) is 7.19. The summed E-state index contributed by atoms with van der Waals surface area (Å²) in [7, 11) is 3.39. The molecule has 0 radical (unpaired) electrons. The van der Waals surface area contributed by atoms with Crippen LogP contribution in [0.15, 0.2) is 59.5 Å². The number of rotatable bonds is 11. The number of fused-ring (bicyclic) bond motifs is 2. The Morgan fingerprint density at radius 3 is 2.38 bits per heavy atom. The fourth-order valence-electron chi connectivity index (χ4n) is 5.17. The fraction of sp³-hybridized carbons (Fsp3) is 0.419. The van der Waals surface area contributed by atoms with Gasteiger partial charge in [-0.2, -0.15) is 0 Å². The molecule has 2 aliphatic heterocycles. The molecule has 0 aliphatic carbocycles. The summed E-state index contributed by atoms with van der Waals surface area (Å²) in [5.41, 5.74) is 5.37. The fourth-order valence-corrected chi connectivity index (χ4v) is 6.35. The molecule has 6 heteroatoms. The van der Waals surface area contributed by atoms with Gasteiger partial charge in [0.1, 0.15) is 0 Å². The maximum absolute atomic E-state index is 5.60. The van der Waals surface area contributed by atoms with Gasteiger partial charge in [-0.05, 0) is 85.8 Å². The van der Waals surface area contributed by atoms with Gasteiger partial charge < -0.3 is 18.9 Å². The molecule has 3 aromatic rings. The van der Waals surface area contributed by atoms with Crippen LogP contribution in [-0.2, 0) is 13.0 Å². The zero-order chi connectivity index (χ0) is 25.6. The van der Waals surface area contributed by atoms with Gasteiger partial charge in [0.15, 0.2) is 23.0 Å². The Morgan fingerprint density at radius 2 is 1.62 bits per heavy atom. The number of hydrogen-bond donors (Lipinski definition) is 0. The molecule has 37 heavy (non-hydrogen) atoms. The lowest BCUT2D eigenvalue weighted by molar-refractivity contribution is 0.174. The minimum Gasteiger partial charge on any atom is -0.493 e. The lowest BCUT2D eigenvalue weighted by Crippen LogP contribution is -2.31. The van der Waals surface area contributed by atoms with E-state index in [1.54, 1.807) is 14.2 Å². The molecule has 3 aromatic carbocycles. The number of benzene rings is 3. The second kappa shape index (κ2) is 12.1. The van der Waals surface area contributed by atoms with E-state index in [1.165, 1.54) is 46.4 Å². The van der Waals surface area contributed by atoms with Gasteiger partial charge in [0.2, 0.25) is 6.79 Å². The second-order valence-electron chi connectivity index (χ2n) is 9.88. The number of nitrogens with zero attached hydrogens (tertiary/aromatic N) is 1. The highest BCUT2D eigenvalue weighted by Crippen LogP contribution is 2.42. The predicted molar refractivity (Wildman–Crippen MR) is 149 cm³/mol. The summed E-state index contributed by atoms with van der Waals surface area (Å²) in [6, 6.07) is 19.6. The highest BCUT2D eigenvalue weighted by Gasteiger charge is 2.22. The highest BCUT2D eigenvalue weighted by molar-refractivity contribution is 7.99. The monoisotopic (exact) mass is 519 g/mol. The van der Waals surface area contributed by atoms with Gasteiger partial charge in [-0.3, -0.25) is 4.90 Å². The smallest absolute Gasteiger partial charge is 0.231 e. The van der Waals surface area contributed by atoms with Crippen molar-refractivity contribution < 1.29 is 18.9 Å². The molecule has 0 amide bonds. The number of ether oxygens (including phenoxy) is 4. The molecule has 2 heterocycles. The largest absolute Gasteiger partial charge is 0.493 e. The van der Waals surface area contributed by atoms with Crippen LogP contribution in [-0.4, -0.2) is 39.0 Å². The molecule has 1 unspecified atom stereocenters. The number of thioether (sulfide) groups is 1. The number of hydrogen-bond acceptors (Lipinski definition) is 6. The van der Waals surface area contributed by atoms with Crippen LogP contribution in [0.4, 0.5) is 0 Å². The minimum atomic E-state index is 0.342. The summed E-state index contributed by atoms with van der Waals surface area (Å²) in [6.45, 7) is 5.73. The van der Waals surface area contributed by atoms with E-state index in [-0.39, 0.29) is 0 Å². The van der Waals surface area contributed by atoms with Crippen LogP contribution in [0.2, 0.25) is 0 Å². The van der Waals surface area contributed by atoms with Crippen molar-refractivity contribution in [3.8, 4) is 23.0 Å². The Labute approximate surface area is 225 Å². The molecule has 196 valence electrons. The third-order valence-electron chi connectivity index (χ3n) is 7.31. The van der Waals surface area contributed by atoms with E-state index in [1.807, 2.05) is 17.8 Å². The van der Waals surface area contributed by atoms with Gasteiger partial charge in [-0.15, -0.1) is 11.8 Å². The molecule has 0 aromatic heterocycles. The van der Waals surface area contributed by atoms with E-state index >= 15 is 0 Å². The van der Waals surface area contributed by atoms with Crippen molar-refractivity contribution in [1.82, 2.24) is 4.90 Å². The second-order valence-corrected chi connectivity index (χ2v) is 11.2. The lowest BCUT2D eigenvalue weighted by atomic mass is 9.98. The highest BCUT2D eigenvalue weighted by atomic mass is 32.2. The number of methoxy groups -OCH3 is 2. The Hall–Kier alpha value is -2.83. The van der Waals surface area contributed by atoms with E-state index < -0.39 is 0 Å². The van der Waals surface area contributed by atoms with E-state index in [9.17, 15) is 0 Å². The summed E-state index contributed by atoms with van der Waals surface area (Å²) in [4.78, 5) is 3.88. The molecule has 5 nitrogen and oxygen atoms in total. The molecule has 0 bridgehead atoms. The van der Waals surface area contributed by atoms with Crippen molar-refractivity contribution in [1.29, 1.82) is 0 Å². The average Bonchev–Trinajstić information content (AvgIpc) is 3.39. The van der Waals surface area contributed by atoms with Crippen molar-refractivity contribution in [3.63, 3.8) is 0 Å². The summed E-state index contributed by atoms with van der Waals surface area (Å²) in [5, 5.41) is 0.369. The first-order valence-corrected chi connectivity index (χ1v) is 14.1. The van der Waals surface area contributed by atoms with Crippen LogP contribution in [0.5, 0.6) is 23.0 Å². The normalized spacial score (nSPS) is 15.3. The molecule has 0 N–H and O–H groups in total. The summed E-state index contributed by atoms with van der Waals surface area (Å²) in [5.74, 6) is 3.37. The van der Waals surface area contributed by atoms with Gasteiger partial charge in [0, 0.05) is 23.2 Å². The van der Waals surface area contributed by atoms with Gasteiger partial charge in [0.25, 0.3) is 0 Å². The molecule has 0 spiro atoms. The van der Waals surface area contributed by atoms with E-state index in [0.717, 1.165) is 55.5 Å². The molecule has 0 saturated carbocycles. The third kappa shape index (κ3) is 6.36. The minimum absolute atomic E-state index is 0.342. The van der Waals surface area contributed by atoms with Gasteiger partial charge >= 0.3 is 0 Å². The molecule has 5 rings (SSSR count). The SMILES string of the molecule is COc1ccc(C(CCCCCN2CCc3cc4c(cc3C2)OCO4)Sc2ccc(C)cc2)cc1OC. The molecular formula is C31H37NO4S. The maximum atomic E-state index is 5.60. The van der Waals surface area contributed by atoms with Gasteiger partial charge in [-0.25, -0.2) is 0 Å². The number of aryl methyl sites for hydroxylation is 1. The van der Waals surface area contributed by atoms with Crippen molar-refractivity contribution in [3.05, 3.63) is 76.9 Å². The first-order chi connectivity index (χ1) is 18.1. The average molecular weight is 520 g/mol. The van der Waals surface area contributed by atoms with E-state index in [4.69, 9.17) is 18.9 Å². The van der Waals surface area contributed by atoms with Crippen molar-refractivity contribution in [2.24, 2.45) is 0 Å². The number of unbranched alkanes of at least 4 members (excludes halogenated alkanes) is 2. The van der Waals surface area contributed by atoms with Crippen LogP contribution in [0, 0.1) is 6.92 Å². The van der Waals surface area contributed by atoms with Crippen molar-refractivity contribution in [2.75, 3.05) is 34.1 Å². The summed E-state index contributed by atoms with van der Waals surface area (Å²) >= 11 is 1.94. The van der Waals surface area contributed by atoms with Crippen LogP contribution >= 0.6 is 11.8 Å². The zero-order valence-corrected chi connectivity index (χ0v) is 22.9. The standard InChI is InChI=1S/C31H37NO4S/c1-22-8-11-26(12-9-22)37-31(24-10-13-27(33-2)28(18-24)34-3)7-5-4-6-15-32-16-14-23-17-29-30(36-21-35-29)19-25(23)20-32/h8-13,17-19,31H,4-7,14-16,20-21H2,1-3H3. The third-order valence-corrected chi connectivity index (χ3v) is 8.64. The molecular weight excluding hydrogens is 482 g/mol. The first kappa shape index (κ1) is 25.8. The van der Waals surface area contributed by atoms with Gasteiger partial charge in [-0.1, -0.05) is 36.6 Å². The Kier molecular flexibility index (Phi) is 8.47. The van der Waals surface area contributed by atoms with Crippen molar-refractivity contribution in [2.45, 2.75) is 55.7 Å². The maximum Gasteiger partial charge on any atom is 0.231 e. The Morgan fingerprint density at radius 1 is 0.865 bits per heavy atom.